The summed E-state index contributed by atoms with van der Waals surface area (Å²) < 4.78 is 31.9. The number of nitrogens with one attached hydrogen (secondary N) is 1. The molecule has 1 atom stereocenters. The molecule has 0 bridgehead atoms. The van der Waals surface area contributed by atoms with Gasteiger partial charge in [-0.3, -0.25) is 9.78 Å². The van der Waals surface area contributed by atoms with E-state index in [2.05, 4.69) is 10.3 Å². The Labute approximate surface area is 148 Å². The van der Waals surface area contributed by atoms with Crippen molar-refractivity contribution in [2.45, 2.75) is 37.5 Å². The van der Waals surface area contributed by atoms with Crippen LogP contribution in [0.15, 0.2) is 24.5 Å². The van der Waals surface area contributed by atoms with Crippen LogP contribution in [0.5, 0.6) is 0 Å². The van der Waals surface area contributed by atoms with Crippen molar-refractivity contribution in [3.63, 3.8) is 0 Å². The molecule has 0 saturated carbocycles. The normalized spacial score (nSPS) is 22.9. The van der Waals surface area contributed by atoms with E-state index in [4.69, 9.17) is 4.74 Å². The summed E-state index contributed by atoms with van der Waals surface area (Å²) in [5.74, 6) is 0.150. The van der Waals surface area contributed by atoms with Gasteiger partial charge in [-0.25, -0.2) is 8.42 Å². The highest BCUT2D eigenvalue weighted by Crippen LogP contribution is 2.43. The van der Waals surface area contributed by atoms with Gasteiger partial charge in [0.25, 0.3) is 5.91 Å². The van der Waals surface area contributed by atoms with E-state index in [0.29, 0.717) is 31.8 Å². The van der Waals surface area contributed by atoms with E-state index in [1.165, 1.54) is 4.31 Å². The zero-order valence-electron chi connectivity index (χ0n) is 14.6. The average molecular weight is 367 g/mol. The summed E-state index contributed by atoms with van der Waals surface area (Å²) in [6, 6.07) is 3.35. The summed E-state index contributed by atoms with van der Waals surface area (Å²) in [4.78, 5) is 16.0. The Kier molecular flexibility index (Phi) is 5.13. The molecule has 0 radical (unpaired) electrons. The highest BCUT2D eigenvalue weighted by atomic mass is 32.2. The van der Waals surface area contributed by atoms with Gasteiger partial charge < -0.3 is 10.1 Å². The Morgan fingerprint density at radius 1 is 1.40 bits per heavy atom. The summed E-state index contributed by atoms with van der Waals surface area (Å²) in [6.07, 6.45) is 4.87. The number of nitrogens with zero attached hydrogens (tertiary/aromatic N) is 2. The van der Waals surface area contributed by atoms with Crippen LogP contribution in [0.25, 0.3) is 0 Å². The maximum Gasteiger partial charge on any atom is 0.251 e. The first kappa shape index (κ1) is 18.3. The summed E-state index contributed by atoms with van der Waals surface area (Å²) in [6.45, 7) is 5.45. The van der Waals surface area contributed by atoms with Crippen LogP contribution in [0.1, 0.15) is 37.0 Å². The minimum absolute atomic E-state index is 0.118. The molecule has 1 N–H and O–H groups in total. The molecule has 2 aliphatic rings. The van der Waals surface area contributed by atoms with Gasteiger partial charge in [-0.15, -0.1) is 0 Å². The first-order chi connectivity index (χ1) is 11.8. The van der Waals surface area contributed by atoms with E-state index < -0.39 is 15.3 Å². The van der Waals surface area contributed by atoms with Crippen molar-refractivity contribution in [3.05, 3.63) is 30.1 Å². The van der Waals surface area contributed by atoms with Crippen molar-refractivity contribution in [2.75, 3.05) is 26.2 Å². The molecular weight excluding hydrogens is 342 g/mol. The predicted molar refractivity (Wildman–Crippen MR) is 93.6 cm³/mol. The van der Waals surface area contributed by atoms with Crippen LogP contribution in [-0.2, 0) is 14.8 Å². The third kappa shape index (κ3) is 3.56. The maximum atomic E-state index is 12.2. The van der Waals surface area contributed by atoms with E-state index in [1.807, 2.05) is 0 Å². The van der Waals surface area contributed by atoms with Gasteiger partial charge in [0.2, 0.25) is 10.0 Å². The Hall–Kier alpha value is -1.51. The van der Waals surface area contributed by atoms with Gasteiger partial charge in [-0.2, -0.15) is 4.31 Å². The summed E-state index contributed by atoms with van der Waals surface area (Å²) >= 11 is 0. The highest BCUT2D eigenvalue weighted by Gasteiger charge is 2.56. The number of rotatable bonds is 6. The smallest absolute Gasteiger partial charge is 0.251 e. The van der Waals surface area contributed by atoms with Gasteiger partial charge in [0.05, 0.1) is 10.9 Å². The molecule has 1 aromatic heterocycles. The number of pyridine rings is 1. The van der Waals surface area contributed by atoms with Crippen LogP contribution in [0.4, 0.5) is 0 Å². The van der Waals surface area contributed by atoms with Gasteiger partial charge >= 0.3 is 0 Å². The van der Waals surface area contributed by atoms with Crippen molar-refractivity contribution in [1.29, 1.82) is 0 Å². The Bertz CT molecular complexity index is 715. The van der Waals surface area contributed by atoms with Crippen LogP contribution in [0.3, 0.4) is 0 Å². The molecule has 1 spiro atoms. The lowest BCUT2D eigenvalue weighted by molar-refractivity contribution is -0.102. The standard InChI is InChI=1S/C17H25N3O4S/c1-13(2)25(22,23)20-11-17(12-20)15(6-10-24-17)5-9-19-16(21)14-3-7-18-8-4-14/h3-4,7-8,13,15H,5-6,9-12H2,1-2H3,(H,19,21)/t15-/m0/s1. The van der Waals surface area contributed by atoms with Crippen LogP contribution >= 0.6 is 0 Å². The zero-order chi connectivity index (χ0) is 18.1. The number of carbonyl (C=O) groups excluding carboxylic acids is 1. The highest BCUT2D eigenvalue weighted by molar-refractivity contribution is 7.89. The number of amides is 1. The molecule has 1 amide bonds. The van der Waals surface area contributed by atoms with Crippen LogP contribution in [0, 0.1) is 5.92 Å². The average Bonchev–Trinajstić information content (AvgIpc) is 2.98. The van der Waals surface area contributed by atoms with Crippen molar-refractivity contribution in [1.82, 2.24) is 14.6 Å². The SMILES string of the molecule is CC(C)S(=O)(=O)N1CC2(C1)OCC[C@@H]2CCNC(=O)c1ccncc1. The molecule has 0 aromatic carbocycles. The number of ether oxygens (including phenoxy) is 1. The van der Waals surface area contributed by atoms with Crippen LogP contribution < -0.4 is 5.32 Å². The van der Waals surface area contributed by atoms with Crippen molar-refractivity contribution in [2.24, 2.45) is 5.92 Å². The largest absolute Gasteiger partial charge is 0.372 e. The molecule has 8 heteroatoms. The molecule has 0 aliphatic carbocycles. The number of hydrogen-bond acceptors (Lipinski definition) is 5. The molecule has 138 valence electrons. The fourth-order valence-corrected chi connectivity index (χ4v) is 4.93. The summed E-state index contributed by atoms with van der Waals surface area (Å²) in [7, 11) is -3.22. The Balaban J connectivity index is 1.51. The molecule has 3 heterocycles. The van der Waals surface area contributed by atoms with E-state index in [1.54, 1.807) is 38.4 Å². The minimum atomic E-state index is -3.22. The molecule has 1 aromatic rings. The van der Waals surface area contributed by atoms with Gasteiger partial charge in [-0.1, -0.05) is 0 Å². The molecule has 25 heavy (non-hydrogen) atoms. The van der Waals surface area contributed by atoms with E-state index in [-0.39, 0.29) is 17.4 Å². The van der Waals surface area contributed by atoms with Crippen molar-refractivity contribution in [3.8, 4) is 0 Å². The molecular formula is C17H25N3O4S. The van der Waals surface area contributed by atoms with Crippen LogP contribution in [0.2, 0.25) is 0 Å². The van der Waals surface area contributed by atoms with Gasteiger partial charge in [0.15, 0.2) is 0 Å². The number of carbonyl (C=O) groups is 1. The minimum Gasteiger partial charge on any atom is -0.372 e. The third-order valence-electron chi connectivity index (χ3n) is 5.16. The second-order valence-corrected chi connectivity index (χ2v) is 9.53. The maximum absolute atomic E-state index is 12.2. The molecule has 7 nitrogen and oxygen atoms in total. The van der Waals surface area contributed by atoms with Gasteiger partial charge in [0.1, 0.15) is 0 Å². The lowest BCUT2D eigenvalue weighted by Gasteiger charge is -2.49. The first-order valence-corrected chi connectivity index (χ1v) is 10.2. The second kappa shape index (κ2) is 7.01. The fourth-order valence-electron chi connectivity index (χ4n) is 3.54. The van der Waals surface area contributed by atoms with E-state index >= 15 is 0 Å². The molecule has 2 aliphatic heterocycles. The number of aromatic nitrogens is 1. The zero-order valence-corrected chi connectivity index (χ0v) is 15.5. The lowest BCUT2D eigenvalue weighted by atomic mass is 9.80. The molecule has 3 rings (SSSR count). The van der Waals surface area contributed by atoms with E-state index in [9.17, 15) is 13.2 Å². The lowest BCUT2D eigenvalue weighted by Crippen LogP contribution is -2.67. The summed E-state index contributed by atoms with van der Waals surface area (Å²) in [5.41, 5.74) is 0.217. The monoisotopic (exact) mass is 367 g/mol. The second-order valence-electron chi connectivity index (χ2n) is 7.04. The first-order valence-electron chi connectivity index (χ1n) is 8.66. The Morgan fingerprint density at radius 2 is 2.08 bits per heavy atom. The Morgan fingerprint density at radius 3 is 2.72 bits per heavy atom. The van der Waals surface area contributed by atoms with Crippen molar-refractivity contribution < 1.29 is 17.9 Å². The van der Waals surface area contributed by atoms with Crippen LogP contribution in [-0.4, -0.2) is 60.7 Å². The van der Waals surface area contributed by atoms with Gasteiger partial charge in [0, 0.05) is 44.2 Å². The number of hydrogen-bond donors (Lipinski definition) is 1. The topological polar surface area (TPSA) is 88.6 Å². The van der Waals surface area contributed by atoms with E-state index in [0.717, 1.165) is 12.8 Å². The number of sulfonamides is 1. The van der Waals surface area contributed by atoms with Crippen molar-refractivity contribution >= 4 is 15.9 Å². The van der Waals surface area contributed by atoms with Gasteiger partial charge in [-0.05, 0) is 44.7 Å². The molecule has 2 fully saturated rings. The third-order valence-corrected chi connectivity index (χ3v) is 7.33. The quantitative estimate of drug-likeness (QED) is 0.811. The molecule has 2 saturated heterocycles. The fraction of sp³-hybridized carbons (Fsp3) is 0.647. The molecule has 0 unspecified atom stereocenters. The summed E-state index contributed by atoms with van der Waals surface area (Å²) in [5, 5.41) is 2.50. The predicted octanol–water partition coefficient (Wildman–Crippen LogP) is 1.03.